The summed E-state index contributed by atoms with van der Waals surface area (Å²) in [6.07, 6.45) is 6.20. The van der Waals surface area contributed by atoms with Crippen molar-refractivity contribution in [1.82, 2.24) is 15.6 Å². The number of carbonyl (C=O) groups is 2. The minimum Gasteiger partial charge on any atom is -0.436 e. The second-order valence-corrected chi connectivity index (χ2v) is 6.37. The highest BCUT2D eigenvalue weighted by molar-refractivity contribution is 6.00. The van der Waals surface area contributed by atoms with E-state index in [0.717, 1.165) is 27.5 Å². The van der Waals surface area contributed by atoms with Crippen LogP contribution in [-0.2, 0) is 11.3 Å². The number of aromatic nitrogens is 1. The lowest BCUT2D eigenvalue weighted by Crippen LogP contribution is -2.28. The first-order valence-corrected chi connectivity index (χ1v) is 9.48. The maximum atomic E-state index is 11.9. The number of rotatable bonds is 6. The van der Waals surface area contributed by atoms with Crippen LogP contribution in [0.4, 0.5) is 15.4 Å². The number of fused-ring (bicyclic) bond motifs is 1. The van der Waals surface area contributed by atoms with Gasteiger partial charge in [-0.1, -0.05) is 48.4 Å². The summed E-state index contributed by atoms with van der Waals surface area (Å²) in [6, 6.07) is 15.3. The summed E-state index contributed by atoms with van der Waals surface area (Å²) < 4.78 is 4.85. The molecule has 1 heterocycles. The van der Waals surface area contributed by atoms with E-state index in [1.54, 1.807) is 6.20 Å². The van der Waals surface area contributed by atoms with Gasteiger partial charge in [0, 0.05) is 24.7 Å². The number of hydrogen-bond acceptors (Lipinski definition) is 4. The smallest absolute Gasteiger partial charge is 0.408 e. The van der Waals surface area contributed by atoms with Crippen molar-refractivity contribution in [2.24, 2.45) is 0 Å². The molecule has 0 fully saturated rings. The molecule has 0 aliphatic heterocycles. The highest BCUT2D eigenvalue weighted by Gasteiger charge is 2.12. The largest absolute Gasteiger partial charge is 0.436 e. The minimum absolute atomic E-state index is 0.0874. The predicted octanol–water partition coefficient (Wildman–Crippen LogP) is 3.90. The van der Waals surface area contributed by atoms with E-state index < -0.39 is 6.09 Å². The van der Waals surface area contributed by atoms with E-state index in [4.69, 9.17) is 11.2 Å². The van der Waals surface area contributed by atoms with Crippen LogP contribution in [0.2, 0.25) is 0 Å². The van der Waals surface area contributed by atoms with Crippen LogP contribution >= 0.6 is 0 Å². The number of amides is 3. The number of terminal acetylenes is 1. The number of urea groups is 1. The SMILES string of the molecule is C#CCOC(=O)NCc1ccc(-c2ccccc2)c2cc(NC(=O)NCC)ncc12. The maximum Gasteiger partial charge on any atom is 0.408 e. The van der Waals surface area contributed by atoms with Crippen LogP contribution in [0.3, 0.4) is 0 Å². The maximum absolute atomic E-state index is 11.9. The molecule has 0 aliphatic carbocycles. The molecule has 3 rings (SSSR count). The zero-order chi connectivity index (χ0) is 21.3. The Labute approximate surface area is 174 Å². The fourth-order valence-electron chi connectivity index (χ4n) is 3.04. The normalized spacial score (nSPS) is 10.1. The molecule has 0 spiro atoms. The topological polar surface area (TPSA) is 92.4 Å². The first-order valence-electron chi connectivity index (χ1n) is 9.48. The molecule has 0 unspecified atom stereocenters. The van der Waals surface area contributed by atoms with E-state index in [1.165, 1.54) is 0 Å². The van der Waals surface area contributed by atoms with Crippen molar-refractivity contribution in [3.05, 3.63) is 60.3 Å². The molecule has 3 amide bonds. The van der Waals surface area contributed by atoms with E-state index in [9.17, 15) is 9.59 Å². The van der Waals surface area contributed by atoms with Gasteiger partial charge in [-0.15, -0.1) is 6.42 Å². The van der Waals surface area contributed by atoms with Gasteiger partial charge in [0.1, 0.15) is 5.82 Å². The highest BCUT2D eigenvalue weighted by atomic mass is 16.5. The number of hydrogen-bond donors (Lipinski definition) is 3. The molecular formula is C23H22N4O3. The number of pyridine rings is 1. The monoisotopic (exact) mass is 402 g/mol. The summed E-state index contributed by atoms with van der Waals surface area (Å²) in [6.45, 7) is 2.52. The zero-order valence-electron chi connectivity index (χ0n) is 16.6. The van der Waals surface area contributed by atoms with Crippen LogP contribution in [0.1, 0.15) is 12.5 Å². The first-order chi connectivity index (χ1) is 14.6. The highest BCUT2D eigenvalue weighted by Crippen LogP contribution is 2.32. The second kappa shape index (κ2) is 9.94. The van der Waals surface area contributed by atoms with Crippen molar-refractivity contribution in [3.63, 3.8) is 0 Å². The lowest BCUT2D eigenvalue weighted by molar-refractivity contribution is 0.159. The van der Waals surface area contributed by atoms with Crippen molar-refractivity contribution in [2.45, 2.75) is 13.5 Å². The number of ether oxygens (including phenoxy) is 1. The van der Waals surface area contributed by atoms with Crippen LogP contribution < -0.4 is 16.0 Å². The molecule has 3 N–H and O–H groups in total. The first kappa shape index (κ1) is 20.7. The Morgan fingerprint density at radius 2 is 1.90 bits per heavy atom. The molecule has 0 atom stereocenters. The summed E-state index contributed by atoms with van der Waals surface area (Å²) in [5, 5.41) is 9.86. The molecule has 0 radical (unpaired) electrons. The zero-order valence-corrected chi connectivity index (χ0v) is 16.6. The molecule has 152 valence electrons. The van der Waals surface area contributed by atoms with Gasteiger partial charge in [0.2, 0.25) is 0 Å². The Morgan fingerprint density at radius 1 is 1.10 bits per heavy atom. The van der Waals surface area contributed by atoms with Gasteiger partial charge in [0.25, 0.3) is 0 Å². The summed E-state index contributed by atoms with van der Waals surface area (Å²) in [5.74, 6) is 2.68. The van der Waals surface area contributed by atoms with Crippen LogP contribution in [0.15, 0.2) is 54.7 Å². The molecule has 0 saturated heterocycles. The molecule has 0 bridgehead atoms. The summed E-state index contributed by atoms with van der Waals surface area (Å²) in [4.78, 5) is 28.0. The van der Waals surface area contributed by atoms with Crippen molar-refractivity contribution >= 4 is 28.7 Å². The Morgan fingerprint density at radius 3 is 2.63 bits per heavy atom. The van der Waals surface area contributed by atoms with Crippen LogP contribution in [0.5, 0.6) is 0 Å². The number of anilines is 1. The van der Waals surface area contributed by atoms with Crippen LogP contribution in [0, 0.1) is 12.3 Å². The molecule has 7 nitrogen and oxygen atoms in total. The van der Waals surface area contributed by atoms with Gasteiger partial charge in [-0.25, -0.2) is 14.6 Å². The fraction of sp³-hybridized carbons (Fsp3) is 0.174. The average Bonchev–Trinajstić information content (AvgIpc) is 2.76. The van der Waals surface area contributed by atoms with Crippen molar-refractivity contribution < 1.29 is 14.3 Å². The van der Waals surface area contributed by atoms with Crippen molar-refractivity contribution in [3.8, 4) is 23.5 Å². The number of carbonyl (C=O) groups excluding carboxylic acids is 2. The lowest BCUT2D eigenvalue weighted by atomic mass is 9.96. The van der Waals surface area contributed by atoms with E-state index in [-0.39, 0.29) is 19.2 Å². The van der Waals surface area contributed by atoms with Crippen LogP contribution in [-0.4, -0.2) is 30.3 Å². The van der Waals surface area contributed by atoms with E-state index in [1.807, 2.05) is 55.5 Å². The molecule has 0 saturated carbocycles. The third-order valence-corrected chi connectivity index (χ3v) is 4.36. The summed E-state index contributed by atoms with van der Waals surface area (Å²) in [7, 11) is 0. The standard InChI is InChI=1S/C23H22N4O3/c1-3-12-30-23(29)26-14-17-10-11-18(16-8-6-5-7-9-16)19-13-21(25-15-20(17)19)27-22(28)24-4-2/h1,5-11,13,15H,4,12,14H2,2H3,(H,26,29)(H2,24,25,27,28). The summed E-state index contributed by atoms with van der Waals surface area (Å²) >= 11 is 0. The fourth-order valence-corrected chi connectivity index (χ4v) is 3.04. The minimum atomic E-state index is -0.587. The molecule has 30 heavy (non-hydrogen) atoms. The van der Waals surface area contributed by atoms with Gasteiger partial charge in [0.05, 0.1) is 0 Å². The molecule has 7 heteroatoms. The second-order valence-electron chi connectivity index (χ2n) is 6.37. The molecule has 3 aromatic rings. The van der Waals surface area contributed by atoms with Gasteiger partial charge in [-0.3, -0.25) is 5.32 Å². The average molecular weight is 402 g/mol. The Hall–Kier alpha value is -4.05. The van der Waals surface area contributed by atoms with E-state index in [2.05, 4.69) is 26.9 Å². The Kier molecular flexibility index (Phi) is 6.85. The van der Waals surface area contributed by atoms with Gasteiger partial charge >= 0.3 is 12.1 Å². The van der Waals surface area contributed by atoms with Crippen molar-refractivity contribution in [2.75, 3.05) is 18.5 Å². The number of alkyl carbamates (subject to hydrolysis) is 1. The van der Waals surface area contributed by atoms with Gasteiger partial charge in [0.15, 0.2) is 6.61 Å². The molecule has 0 aliphatic rings. The predicted molar refractivity (Wildman–Crippen MR) is 117 cm³/mol. The van der Waals surface area contributed by atoms with Gasteiger partial charge in [-0.2, -0.15) is 0 Å². The van der Waals surface area contributed by atoms with E-state index in [0.29, 0.717) is 12.4 Å². The van der Waals surface area contributed by atoms with Gasteiger partial charge < -0.3 is 15.4 Å². The lowest BCUT2D eigenvalue weighted by Gasteiger charge is -2.14. The summed E-state index contributed by atoms with van der Waals surface area (Å²) in [5.41, 5.74) is 2.88. The Bertz CT molecular complexity index is 1090. The quantitative estimate of drug-likeness (QED) is 0.545. The molecule has 1 aromatic heterocycles. The molecular weight excluding hydrogens is 380 g/mol. The van der Waals surface area contributed by atoms with Gasteiger partial charge in [-0.05, 0) is 35.1 Å². The number of nitrogens with zero attached hydrogens (tertiary/aromatic N) is 1. The third kappa shape index (κ3) is 5.06. The Balaban J connectivity index is 1.98. The van der Waals surface area contributed by atoms with Crippen molar-refractivity contribution in [1.29, 1.82) is 0 Å². The number of nitrogens with one attached hydrogen (secondary N) is 3. The number of benzene rings is 2. The van der Waals surface area contributed by atoms with E-state index >= 15 is 0 Å². The molecule has 2 aromatic carbocycles. The third-order valence-electron chi connectivity index (χ3n) is 4.36. The van der Waals surface area contributed by atoms with Crippen LogP contribution in [0.25, 0.3) is 21.9 Å².